The smallest absolute Gasteiger partial charge is 0.312 e. The van der Waals surface area contributed by atoms with Crippen molar-refractivity contribution in [3.63, 3.8) is 0 Å². The van der Waals surface area contributed by atoms with Gasteiger partial charge in [0.25, 0.3) is 5.91 Å². The second-order valence-corrected chi connectivity index (χ2v) is 9.98. The van der Waals surface area contributed by atoms with E-state index in [0.717, 1.165) is 5.56 Å². The Hall–Kier alpha value is -3.01. The predicted molar refractivity (Wildman–Crippen MR) is 128 cm³/mol. The van der Waals surface area contributed by atoms with Gasteiger partial charge >= 0.3 is 10.1 Å². The molecule has 0 atom stereocenters. The van der Waals surface area contributed by atoms with E-state index in [4.69, 9.17) is 11.6 Å². The number of halogens is 2. The summed E-state index contributed by atoms with van der Waals surface area (Å²) in [4.78, 5) is 19.0. The quantitative estimate of drug-likeness (QED) is 0.465. The van der Waals surface area contributed by atoms with Gasteiger partial charge in [0.05, 0.1) is 11.3 Å². The molecule has 1 fully saturated rings. The van der Waals surface area contributed by atoms with Crippen LogP contribution < -0.4 is 5.32 Å². The standard InChI is InChI=1S/C24H23ClFN3O4S/c1-15-22(28-20-8-4-18(25)5-9-20)21(14-27-23(15)34(31,32)33)24(30)29-12-10-17(11-13-29)16-2-6-19(26)7-3-16/h2-9,14,17H,10-13H2,1H3,(H,27,28)(H,31,32,33). The number of rotatable bonds is 5. The highest BCUT2D eigenvalue weighted by Gasteiger charge is 2.29. The lowest BCUT2D eigenvalue weighted by Gasteiger charge is -2.33. The Labute approximate surface area is 202 Å². The summed E-state index contributed by atoms with van der Waals surface area (Å²) in [6.07, 6.45) is 2.60. The van der Waals surface area contributed by atoms with E-state index in [-0.39, 0.29) is 34.5 Å². The molecule has 0 saturated carbocycles. The first kappa shape index (κ1) is 24.1. The van der Waals surface area contributed by atoms with Crippen molar-refractivity contribution in [2.24, 2.45) is 0 Å². The molecule has 7 nitrogen and oxygen atoms in total. The largest absolute Gasteiger partial charge is 0.355 e. The number of likely N-dealkylation sites (tertiary alicyclic amines) is 1. The third-order valence-corrected chi connectivity index (χ3v) is 7.14. The molecule has 1 aromatic heterocycles. The second-order valence-electron chi connectivity index (χ2n) is 8.20. The predicted octanol–water partition coefficient (Wildman–Crippen LogP) is 5.19. The Morgan fingerprint density at radius 1 is 1.12 bits per heavy atom. The molecule has 2 N–H and O–H groups in total. The van der Waals surface area contributed by atoms with Crippen molar-refractivity contribution in [3.05, 3.63) is 82.3 Å². The van der Waals surface area contributed by atoms with Gasteiger partial charge in [-0.2, -0.15) is 8.42 Å². The summed E-state index contributed by atoms with van der Waals surface area (Å²) in [5.41, 5.74) is 2.19. The van der Waals surface area contributed by atoms with Crippen molar-refractivity contribution in [1.29, 1.82) is 0 Å². The lowest BCUT2D eigenvalue weighted by Crippen LogP contribution is -2.38. The minimum absolute atomic E-state index is 0.129. The zero-order valence-corrected chi connectivity index (χ0v) is 19.9. The number of carbonyl (C=O) groups excluding carboxylic acids is 1. The zero-order valence-electron chi connectivity index (χ0n) is 18.3. The van der Waals surface area contributed by atoms with Crippen LogP contribution in [0.3, 0.4) is 0 Å². The van der Waals surface area contributed by atoms with Gasteiger partial charge in [0.15, 0.2) is 5.03 Å². The molecule has 0 aliphatic carbocycles. The van der Waals surface area contributed by atoms with Crippen LogP contribution in [0, 0.1) is 12.7 Å². The summed E-state index contributed by atoms with van der Waals surface area (Å²) in [5, 5.41) is 3.09. The average molecular weight is 504 g/mol. The monoisotopic (exact) mass is 503 g/mol. The van der Waals surface area contributed by atoms with Gasteiger partial charge in [-0.15, -0.1) is 0 Å². The van der Waals surface area contributed by atoms with Crippen LogP contribution in [0.25, 0.3) is 0 Å². The van der Waals surface area contributed by atoms with Gasteiger partial charge in [-0.1, -0.05) is 23.7 Å². The molecule has 2 heterocycles. The van der Waals surface area contributed by atoms with Gasteiger partial charge in [0.2, 0.25) is 0 Å². The lowest BCUT2D eigenvalue weighted by molar-refractivity contribution is 0.0713. The molecule has 4 rings (SSSR count). The molecule has 1 saturated heterocycles. The highest BCUT2D eigenvalue weighted by molar-refractivity contribution is 7.85. The van der Waals surface area contributed by atoms with Gasteiger partial charge in [-0.3, -0.25) is 9.35 Å². The number of anilines is 2. The Morgan fingerprint density at radius 2 is 1.74 bits per heavy atom. The van der Waals surface area contributed by atoms with Gasteiger partial charge in [-0.25, -0.2) is 9.37 Å². The number of hydrogen-bond donors (Lipinski definition) is 2. The number of amides is 1. The fourth-order valence-electron chi connectivity index (χ4n) is 4.18. The maximum Gasteiger partial charge on any atom is 0.312 e. The normalized spacial score (nSPS) is 14.8. The number of piperidine rings is 1. The molecule has 0 unspecified atom stereocenters. The first-order valence-electron chi connectivity index (χ1n) is 10.7. The first-order chi connectivity index (χ1) is 16.1. The molecule has 1 amide bonds. The van der Waals surface area contributed by atoms with Crippen LogP contribution in [0.4, 0.5) is 15.8 Å². The molecule has 178 valence electrons. The van der Waals surface area contributed by atoms with E-state index >= 15 is 0 Å². The number of aromatic nitrogens is 1. The van der Waals surface area contributed by atoms with Crippen molar-refractivity contribution in [1.82, 2.24) is 9.88 Å². The summed E-state index contributed by atoms with van der Waals surface area (Å²) >= 11 is 5.95. The van der Waals surface area contributed by atoms with Crippen LogP contribution in [0.5, 0.6) is 0 Å². The fourth-order valence-corrected chi connectivity index (χ4v) is 4.98. The number of benzene rings is 2. The van der Waals surface area contributed by atoms with E-state index in [1.807, 2.05) is 0 Å². The Bertz CT molecular complexity index is 1310. The van der Waals surface area contributed by atoms with Crippen molar-refractivity contribution < 1.29 is 22.2 Å². The van der Waals surface area contributed by atoms with Crippen LogP contribution in [0.1, 0.15) is 40.2 Å². The van der Waals surface area contributed by atoms with Gasteiger partial charge < -0.3 is 10.2 Å². The average Bonchev–Trinajstić information content (AvgIpc) is 2.81. The van der Waals surface area contributed by atoms with Crippen molar-refractivity contribution in [2.75, 3.05) is 18.4 Å². The van der Waals surface area contributed by atoms with Crippen LogP contribution in [0.15, 0.2) is 59.8 Å². The molecule has 0 spiro atoms. The van der Waals surface area contributed by atoms with Crippen molar-refractivity contribution in [3.8, 4) is 0 Å². The van der Waals surface area contributed by atoms with E-state index in [1.54, 1.807) is 41.3 Å². The van der Waals surface area contributed by atoms with Gasteiger partial charge in [-0.05, 0) is 67.6 Å². The molecule has 1 aliphatic heterocycles. The first-order valence-corrected chi connectivity index (χ1v) is 12.5. The molecular formula is C24H23ClFN3O4S. The number of carbonyl (C=O) groups is 1. The van der Waals surface area contributed by atoms with E-state index in [0.29, 0.717) is 36.6 Å². The maximum absolute atomic E-state index is 13.4. The molecule has 2 aromatic carbocycles. The number of nitrogens with one attached hydrogen (secondary N) is 1. The fraction of sp³-hybridized carbons (Fsp3) is 0.250. The maximum atomic E-state index is 13.4. The SMILES string of the molecule is Cc1c(S(=O)(=O)O)ncc(C(=O)N2CCC(c3ccc(F)cc3)CC2)c1Nc1ccc(Cl)cc1. The Balaban J connectivity index is 1.61. The Morgan fingerprint density at radius 3 is 2.32 bits per heavy atom. The number of pyridine rings is 1. The minimum Gasteiger partial charge on any atom is -0.355 e. The van der Waals surface area contributed by atoms with E-state index in [9.17, 15) is 22.2 Å². The second kappa shape index (κ2) is 9.69. The van der Waals surface area contributed by atoms with Crippen LogP contribution in [0.2, 0.25) is 5.02 Å². The van der Waals surface area contributed by atoms with Crippen molar-refractivity contribution in [2.45, 2.75) is 30.7 Å². The summed E-state index contributed by atoms with van der Waals surface area (Å²) in [5.74, 6) is -0.363. The van der Waals surface area contributed by atoms with Crippen LogP contribution in [-0.4, -0.2) is 41.9 Å². The molecule has 0 bridgehead atoms. The molecule has 1 aliphatic rings. The molecule has 3 aromatic rings. The third kappa shape index (κ3) is 5.22. The zero-order chi connectivity index (χ0) is 24.5. The summed E-state index contributed by atoms with van der Waals surface area (Å²) in [6.45, 7) is 2.45. The van der Waals surface area contributed by atoms with Gasteiger partial charge in [0.1, 0.15) is 5.82 Å². The molecule has 10 heteroatoms. The molecular weight excluding hydrogens is 481 g/mol. The van der Waals surface area contributed by atoms with Crippen LogP contribution in [-0.2, 0) is 10.1 Å². The highest BCUT2D eigenvalue weighted by Crippen LogP contribution is 2.33. The third-order valence-electron chi connectivity index (χ3n) is 5.99. The van der Waals surface area contributed by atoms with Crippen molar-refractivity contribution >= 4 is 39.0 Å². The summed E-state index contributed by atoms with van der Waals surface area (Å²) < 4.78 is 46.4. The van der Waals surface area contributed by atoms with Gasteiger partial charge in [0, 0.05) is 35.6 Å². The number of hydrogen-bond acceptors (Lipinski definition) is 5. The summed E-state index contributed by atoms with van der Waals surface area (Å²) in [6, 6.07) is 13.1. The topological polar surface area (TPSA) is 99.6 Å². The van der Waals surface area contributed by atoms with E-state index in [2.05, 4.69) is 10.3 Å². The van der Waals surface area contributed by atoms with E-state index in [1.165, 1.54) is 25.3 Å². The van der Waals surface area contributed by atoms with E-state index < -0.39 is 15.1 Å². The van der Waals surface area contributed by atoms with Crippen LogP contribution >= 0.6 is 11.6 Å². The lowest BCUT2D eigenvalue weighted by atomic mass is 9.89. The summed E-state index contributed by atoms with van der Waals surface area (Å²) in [7, 11) is -4.59. The molecule has 34 heavy (non-hydrogen) atoms. The Kier molecular flexibility index (Phi) is 6.88. The molecule has 0 radical (unpaired) electrons. The minimum atomic E-state index is -4.59. The highest BCUT2D eigenvalue weighted by atomic mass is 35.5. The number of nitrogens with zero attached hydrogens (tertiary/aromatic N) is 2.